The molecule has 0 aliphatic rings. The number of hydrogen-bond donors (Lipinski definition) is 1. The van der Waals surface area contributed by atoms with Gasteiger partial charge in [0.25, 0.3) is 5.69 Å². The van der Waals surface area contributed by atoms with Crippen LogP contribution in [0.5, 0.6) is 0 Å². The molecule has 23 heavy (non-hydrogen) atoms. The molecule has 2 aromatic heterocycles. The van der Waals surface area contributed by atoms with Gasteiger partial charge in [0.1, 0.15) is 17.5 Å². The molecule has 0 bridgehead atoms. The fourth-order valence-electron chi connectivity index (χ4n) is 2.48. The van der Waals surface area contributed by atoms with Crippen LogP contribution in [-0.2, 0) is 6.61 Å². The number of aliphatic hydroxyl groups is 1. The molecule has 0 atom stereocenters. The Kier molecular flexibility index (Phi) is 3.75. The summed E-state index contributed by atoms with van der Waals surface area (Å²) < 4.78 is 1.92. The van der Waals surface area contributed by atoms with E-state index in [9.17, 15) is 15.2 Å². The molecule has 1 aromatic carbocycles. The molecule has 3 aromatic rings. The molecule has 0 radical (unpaired) electrons. The van der Waals surface area contributed by atoms with Crippen molar-refractivity contribution in [3.63, 3.8) is 0 Å². The van der Waals surface area contributed by atoms with Crippen molar-refractivity contribution < 1.29 is 10.0 Å². The van der Waals surface area contributed by atoms with Crippen molar-refractivity contribution in [2.24, 2.45) is 0 Å². The van der Waals surface area contributed by atoms with Crippen molar-refractivity contribution in [1.82, 2.24) is 19.5 Å². The minimum absolute atomic E-state index is 0.0733. The van der Waals surface area contributed by atoms with Crippen molar-refractivity contribution in [3.05, 3.63) is 46.5 Å². The van der Waals surface area contributed by atoms with Crippen LogP contribution >= 0.6 is 0 Å². The lowest BCUT2D eigenvalue weighted by molar-refractivity contribution is -0.384. The van der Waals surface area contributed by atoms with Gasteiger partial charge in [0, 0.05) is 23.7 Å². The second-order valence-electron chi connectivity index (χ2n) is 5.40. The Labute approximate surface area is 131 Å². The summed E-state index contributed by atoms with van der Waals surface area (Å²) in [5.41, 5.74) is 2.80. The Morgan fingerprint density at radius 1 is 1.30 bits per heavy atom. The van der Waals surface area contributed by atoms with E-state index < -0.39 is 4.92 Å². The number of nitrogens with zero attached hydrogens (tertiary/aromatic N) is 5. The van der Waals surface area contributed by atoms with Crippen LogP contribution in [-0.4, -0.2) is 29.5 Å². The van der Waals surface area contributed by atoms with Gasteiger partial charge >= 0.3 is 0 Å². The number of aliphatic hydroxyl groups excluding tert-OH is 1. The predicted octanol–water partition coefficient (Wildman–Crippen LogP) is 2.47. The Balaban J connectivity index is 2.23. The van der Waals surface area contributed by atoms with Crippen LogP contribution in [0.1, 0.15) is 25.5 Å². The van der Waals surface area contributed by atoms with E-state index in [1.54, 1.807) is 12.4 Å². The van der Waals surface area contributed by atoms with Crippen LogP contribution in [0.4, 0.5) is 5.69 Å². The number of nitro benzene ring substituents is 1. The van der Waals surface area contributed by atoms with Crippen LogP contribution < -0.4 is 0 Å². The van der Waals surface area contributed by atoms with E-state index in [2.05, 4.69) is 15.0 Å². The smallest absolute Gasteiger partial charge is 0.269 e. The minimum atomic E-state index is -0.494. The van der Waals surface area contributed by atoms with Crippen molar-refractivity contribution >= 4 is 16.9 Å². The standard InChI is InChI=1S/C15H15N5O3/c1-9(2)19-8-18-14-13(16-7-17-15(14)19)12-4-3-11(20(22)23)5-10(12)6-21/h3-5,7-9,21H,6H2,1-2H3. The summed E-state index contributed by atoms with van der Waals surface area (Å²) >= 11 is 0. The number of benzene rings is 1. The lowest BCUT2D eigenvalue weighted by Crippen LogP contribution is -2.01. The maximum Gasteiger partial charge on any atom is 0.269 e. The van der Waals surface area contributed by atoms with E-state index in [4.69, 9.17) is 0 Å². The van der Waals surface area contributed by atoms with Gasteiger partial charge in [0.05, 0.1) is 17.9 Å². The van der Waals surface area contributed by atoms with Crippen LogP contribution in [0, 0.1) is 10.1 Å². The van der Waals surface area contributed by atoms with E-state index in [-0.39, 0.29) is 18.3 Å². The molecular formula is C15H15N5O3. The van der Waals surface area contributed by atoms with Crippen molar-refractivity contribution in [2.75, 3.05) is 0 Å². The molecule has 0 saturated heterocycles. The number of aromatic nitrogens is 4. The molecule has 0 aliphatic heterocycles. The topological polar surface area (TPSA) is 107 Å². The Bertz CT molecular complexity index is 888. The van der Waals surface area contributed by atoms with Crippen LogP contribution in [0.15, 0.2) is 30.9 Å². The Morgan fingerprint density at radius 3 is 2.74 bits per heavy atom. The molecule has 3 rings (SSSR count). The molecule has 0 amide bonds. The highest BCUT2D eigenvalue weighted by Gasteiger charge is 2.17. The molecule has 8 nitrogen and oxygen atoms in total. The third kappa shape index (κ3) is 2.53. The second kappa shape index (κ2) is 5.73. The summed E-state index contributed by atoms with van der Waals surface area (Å²) in [6, 6.07) is 4.52. The number of nitro groups is 1. The highest BCUT2D eigenvalue weighted by atomic mass is 16.6. The van der Waals surface area contributed by atoms with E-state index >= 15 is 0 Å². The molecule has 0 fully saturated rings. The first-order chi connectivity index (χ1) is 11.0. The SMILES string of the molecule is CC(C)n1cnc2c(-c3ccc([N+](=O)[O-])cc3CO)ncnc21. The maximum absolute atomic E-state index is 10.9. The molecule has 1 N–H and O–H groups in total. The number of fused-ring (bicyclic) bond motifs is 1. The normalized spacial score (nSPS) is 11.3. The van der Waals surface area contributed by atoms with E-state index in [1.807, 2.05) is 18.4 Å². The summed E-state index contributed by atoms with van der Waals surface area (Å²) in [6.45, 7) is 3.72. The highest BCUT2D eigenvalue weighted by molar-refractivity contribution is 5.88. The highest BCUT2D eigenvalue weighted by Crippen LogP contribution is 2.30. The zero-order valence-electron chi connectivity index (χ0n) is 12.7. The number of non-ortho nitro benzene ring substituents is 1. The third-order valence-electron chi connectivity index (χ3n) is 3.64. The second-order valence-corrected chi connectivity index (χ2v) is 5.40. The fraction of sp³-hybridized carbons (Fsp3) is 0.267. The van der Waals surface area contributed by atoms with Gasteiger partial charge in [-0.25, -0.2) is 15.0 Å². The molecule has 0 unspecified atom stereocenters. The summed E-state index contributed by atoms with van der Waals surface area (Å²) in [5.74, 6) is 0. The van der Waals surface area contributed by atoms with Crippen molar-refractivity contribution in [3.8, 4) is 11.3 Å². The van der Waals surface area contributed by atoms with Gasteiger partial charge in [-0.05, 0) is 25.5 Å². The van der Waals surface area contributed by atoms with Gasteiger partial charge in [-0.1, -0.05) is 0 Å². The van der Waals surface area contributed by atoms with Crippen molar-refractivity contribution in [1.29, 1.82) is 0 Å². The number of rotatable bonds is 4. The van der Waals surface area contributed by atoms with Crippen LogP contribution in [0.3, 0.4) is 0 Å². The molecule has 0 saturated carbocycles. The molecule has 2 heterocycles. The minimum Gasteiger partial charge on any atom is -0.392 e. The predicted molar refractivity (Wildman–Crippen MR) is 83.7 cm³/mol. The van der Waals surface area contributed by atoms with E-state index in [0.29, 0.717) is 28.0 Å². The summed E-state index contributed by atoms with van der Waals surface area (Å²) in [7, 11) is 0. The van der Waals surface area contributed by atoms with E-state index in [0.717, 1.165) is 0 Å². The largest absolute Gasteiger partial charge is 0.392 e. The summed E-state index contributed by atoms with van der Waals surface area (Å²) in [6.07, 6.45) is 3.12. The quantitative estimate of drug-likeness (QED) is 0.585. The zero-order valence-corrected chi connectivity index (χ0v) is 12.7. The third-order valence-corrected chi connectivity index (χ3v) is 3.64. The Hall–Kier alpha value is -2.87. The first-order valence-corrected chi connectivity index (χ1v) is 7.09. The summed E-state index contributed by atoms with van der Waals surface area (Å²) in [5, 5.41) is 20.5. The molecule has 8 heteroatoms. The summed E-state index contributed by atoms with van der Waals surface area (Å²) in [4.78, 5) is 23.3. The average molecular weight is 313 g/mol. The molecule has 0 spiro atoms. The van der Waals surface area contributed by atoms with Crippen LogP contribution in [0.2, 0.25) is 0 Å². The molecule has 118 valence electrons. The lowest BCUT2D eigenvalue weighted by Gasteiger charge is -2.09. The van der Waals surface area contributed by atoms with Gasteiger partial charge in [-0.2, -0.15) is 0 Å². The first kappa shape index (κ1) is 15.0. The van der Waals surface area contributed by atoms with Crippen molar-refractivity contribution in [2.45, 2.75) is 26.5 Å². The lowest BCUT2D eigenvalue weighted by atomic mass is 10.0. The van der Waals surface area contributed by atoms with Gasteiger partial charge < -0.3 is 9.67 Å². The van der Waals surface area contributed by atoms with E-state index in [1.165, 1.54) is 18.5 Å². The maximum atomic E-state index is 10.9. The van der Waals surface area contributed by atoms with Gasteiger partial charge in [0.2, 0.25) is 0 Å². The monoisotopic (exact) mass is 313 g/mol. The van der Waals surface area contributed by atoms with Gasteiger partial charge in [-0.3, -0.25) is 10.1 Å². The fourth-order valence-corrected chi connectivity index (χ4v) is 2.48. The van der Waals surface area contributed by atoms with Gasteiger partial charge in [0.15, 0.2) is 5.65 Å². The zero-order chi connectivity index (χ0) is 16.6. The number of imidazole rings is 1. The van der Waals surface area contributed by atoms with Crippen LogP contribution in [0.25, 0.3) is 22.4 Å². The number of hydrogen-bond acceptors (Lipinski definition) is 6. The molecular weight excluding hydrogens is 298 g/mol. The first-order valence-electron chi connectivity index (χ1n) is 7.09. The average Bonchev–Trinajstić information content (AvgIpc) is 2.98. The Morgan fingerprint density at radius 2 is 2.09 bits per heavy atom. The molecule has 0 aliphatic carbocycles. The van der Waals surface area contributed by atoms with Gasteiger partial charge in [-0.15, -0.1) is 0 Å².